The van der Waals surface area contributed by atoms with Crippen LogP contribution in [-0.4, -0.2) is 56.7 Å². The number of hydrogen-bond donors (Lipinski definition) is 1. The average Bonchev–Trinajstić information content (AvgIpc) is 3.01. The minimum atomic E-state index is -3.72. The van der Waals surface area contributed by atoms with Gasteiger partial charge in [0.1, 0.15) is 11.6 Å². The number of sulfonamides is 1. The maximum Gasteiger partial charge on any atom is 0.261 e. The van der Waals surface area contributed by atoms with Gasteiger partial charge in [-0.15, -0.1) is 0 Å². The van der Waals surface area contributed by atoms with Crippen molar-refractivity contribution in [1.29, 1.82) is 0 Å². The number of nitrogens with one attached hydrogen (secondary N) is 1. The summed E-state index contributed by atoms with van der Waals surface area (Å²) >= 11 is 0. The van der Waals surface area contributed by atoms with Crippen LogP contribution in [0.15, 0.2) is 102 Å². The van der Waals surface area contributed by atoms with E-state index >= 15 is 0 Å². The number of anilines is 3. The zero-order chi connectivity index (χ0) is 27.5. The fourth-order valence-corrected chi connectivity index (χ4v) is 5.92. The number of hydrogen-bond acceptors (Lipinski definition) is 8. The van der Waals surface area contributed by atoms with Crippen LogP contribution in [0.2, 0.25) is 0 Å². The van der Waals surface area contributed by atoms with Gasteiger partial charge in [0, 0.05) is 37.9 Å². The Morgan fingerprint density at radius 1 is 0.775 bits per heavy atom. The summed E-state index contributed by atoms with van der Waals surface area (Å²) < 4.78 is 33.7. The highest BCUT2D eigenvalue weighted by Crippen LogP contribution is 2.30. The van der Waals surface area contributed by atoms with Crippen molar-refractivity contribution >= 4 is 38.2 Å². The predicted molar refractivity (Wildman–Crippen MR) is 157 cm³/mol. The van der Waals surface area contributed by atoms with E-state index in [2.05, 4.69) is 30.6 Å². The lowest BCUT2D eigenvalue weighted by Gasteiger charge is -2.37. The molecule has 3 aromatic carbocycles. The van der Waals surface area contributed by atoms with Crippen LogP contribution < -0.4 is 19.3 Å². The molecule has 1 aliphatic heterocycles. The van der Waals surface area contributed by atoms with Crippen molar-refractivity contribution in [2.75, 3.05) is 47.8 Å². The van der Waals surface area contributed by atoms with Gasteiger partial charge in [-0.25, -0.2) is 13.4 Å². The lowest BCUT2D eigenvalue weighted by molar-refractivity contribution is 0.413. The summed E-state index contributed by atoms with van der Waals surface area (Å²) in [6, 6.07) is 23.9. The summed E-state index contributed by atoms with van der Waals surface area (Å²) in [5, 5.41) is 0. The molecule has 10 heteroatoms. The lowest BCUT2D eigenvalue weighted by Crippen LogP contribution is -2.47. The van der Waals surface area contributed by atoms with Crippen LogP contribution in [0.3, 0.4) is 0 Å². The second kappa shape index (κ2) is 10.8. The summed E-state index contributed by atoms with van der Waals surface area (Å²) in [6.07, 6.45) is 5.02. The quantitative estimate of drug-likeness (QED) is 0.307. The Kier molecular flexibility index (Phi) is 6.91. The third-order valence-electron chi connectivity index (χ3n) is 6.94. The summed E-state index contributed by atoms with van der Waals surface area (Å²) in [5.74, 6) is 1.70. The van der Waals surface area contributed by atoms with Crippen molar-refractivity contribution in [3.63, 3.8) is 0 Å². The molecule has 6 rings (SSSR count). The molecule has 1 saturated heterocycles. The molecular weight excluding hydrogens is 524 g/mol. The van der Waals surface area contributed by atoms with Gasteiger partial charge in [0.05, 0.1) is 46.8 Å². The van der Waals surface area contributed by atoms with Gasteiger partial charge < -0.3 is 14.5 Å². The average molecular weight is 553 g/mol. The number of aromatic nitrogens is 3. The number of para-hydroxylation sites is 2. The SMILES string of the molecule is COc1ccccc1N1CCN(c2cnc3ccc(-c4cncc(NS(=O)(=O)c5ccccc5)c4)cc3n2)CC1. The van der Waals surface area contributed by atoms with Gasteiger partial charge in [-0.3, -0.25) is 14.7 Å². The van der Waals surface area contributed by atoms with Crippen molar-refractivity contribution in [3.8, 4) is 16.9 Å². The largest absolute Gasteiger partial charge is 0.495 e. The van der Waals surface area contributed by atoms with Crippen molar-refractivity contribution in [3.05, 3.63) is 97.5 Å². The molecule has 0 spiro atoms. The second-order valence-corrected chi connectivity index (χ2v) is 11.1. The van der Waals surface area contributed by atoms with E-state index in [1.165, 1.54) is 6.20 Å². The van der Waals surface area contributed by atoms with Crippen LogP contribution in [0, 0.1) is 0 Å². The number of fused-ring (bicyclic) bond motifs is 1. The third kappa shape index (κ3) is 5.26. The Labute approximate surface area is 233 Å². The van der Waals surface area contributed by atoms with E-state index < -0.39 is 10.0 Å². The molecule has 0 atom stereocenters. The van der Waals surface area contributed by atoms with E-state index in [9.17, 15) is 8.42 Å². The zero-order valence-corrected chi connectivity index (χ0v) is 22.8. The Bertz CT molecular complexity index is 1760. The molecule has 1 N–H and O–H groups in total. The molecule has 0 radical (unpaired) electrons. The Balaban J connectivity index is 1.21. The van der Waals surface area contributed by atoms with Crippen LogP contribution in [0.4, 0.5) is 17.2 Å². The monoisotopic (exact) mass is 552 g/mol. The molecule has 0 aliphatic carbocycles. The van der Waals surface area contributed by atoms with Crippen LogP contribution in [0.5, 0.6) is 5.75 Å². The van der Waals surface area contributed by atoms with Gasteiger partial charge in [-0.05, 0) is 48.0 Å². The standard InChI is InChI=1S/C30H28N6O3S/c1-39-29-10-6-5-9-28(29)35-13-15-36(16-14-35)30-21-32-26-12-11-22(18-27(26)33-30)23-17-24(20-31-19-23)34-40(37,38)25-7-3-2-4-8-25/h2-12,17-21,34H,13-16H2,1H3. The Hall–Kier alpha value is -4.70. The first kappa shape index (κ1) is 25.6. The highest BCUT2D eigenvalue weighted by molar-refractivity contribution is 7.92. The molecular formula is C30H28N6O3S. The number of piperazine rings is 1. The number of ether oxygens (including phenoxy) is 1. The highest BCUT2D eigenvalue weighted by atomic mass is 32.2. The minimum absolute atomic E-state index is 0.192. The molecule has 40 heavy (non-hydrogen) atoms. The van der Waals surface area contributed by atoms with E-state index in [0.29, 0.717) is 5.69 Å². The van der Waals surface area contributed by atoms with E-state index in [1.807, 2.05) is 42.6 Å². The van der Waals surface area contributed by atoms with E-state index in [-0.39, 0.29) is 4.90 Å². The molecule has 2 aromatic heterocycles. The lowest BCUT2D eigenvalue weighted by atomic mass is 10.1. The van der Waals surface area contributed by atoms with Gasteiger partial charge in [-0.1, -0.05) is 36.4 Å². The summed E-state index contributed by atoms with van der Waals surface area (Å²) in [7, 11) is -2.02. The third-order valence-corrected chi connectivity index (χ3v) is 8.33. The second-order valence-electron chi connectivity index (χ2n) is 9.46. The molecule has 1 aliphatic rings. The Morgan fingerprint density at radius 2 is 1.52 bits per heavy atom. The normalized spacial score (nSPS) is 13.8. The van der Waals surface area contributed by atoms with E-state index in [1.54, 1.807) is 49.7 Å². The van der Waals surface area contributed by atoms with Crippen molar-refractivity contribution < 1.29 is 13.2 Å². The molecule has 0 saturated carbocycles. The smallest absolute Gasteiger partial charge is 0.261 e. The van der Waals surface area contributed by atoms with Gasteiger partial charge in [0.25, 0.3) is 10.0 Å². The molecule has 5 aromatic rings. The van der Waals surface area contributed by atoms with Gasteiger partial charge in [0.2, 0.25) is 0 Å². The van der Waals surface area contributed by atoms with E-state index in [4.69, 9.17) is 9.72 Å². The van der Waals surface area contributed by atoms with E-state index in [0.717, 1.165) is 65.6 Å². The highest BCUT2D eigenvalue weighted by Gasteiger charge is 2.21. The van der Waals surface area contributed by atoms with Crippen molar-refractivity contribution in [1.82, 2.24) is 15.0 Å². The first-order chi connectivity index (χ1) is 19.5. The molecule has 1 fully saturated rings. The van der Waals surface area contributed by atoms with Crippen molar-refractivity contribution in [2.24, 2.45) is 0 Å². The molecule has 9 nitrogen and oxygen atoms in total. The molecule has 202 valence electrons. The molecule has 0 unspecified atom stereocenters. The summed E-state index contributed by atoms with van der Waals surface area (Å²) in [5.41, 5.74) is 4.67. The fraction of sp³-hybridized carbons (Fsp3) is 0.167. The fourth-order valence-electron chi connectivity index (χ4n) is 4.87. The number of methoxy groups -OCH3 is 1. The first-order valence-electron chi connectivity index (χ1n) is 12.9. The van der Waals surface area contributed by atoms with Gasteiger partial charge in [-0.2, -0.15) is 0 Å². The molecule has 0 bridgehead atoms. The molecule has 3 heterocycles. The maximum absolute atomic E-state index is 12.8. The molecule has 0 amide bonds. The predicted octanol–water partition coefficient (Wildman–Crippen LogP) is 4.83. The van der Waals surface area contributed by atoms with Crippen LogP contribution in [0.1, 0.15) is 0 Å². The minimum Gasteiger partial charge on any atom is -0.495 e. The summed E-state index contributed by atoms with van der Waals surface area (Å²) in [6.45, 7) is 3.31. The number of nitrogens with zero attached hydrogens (tertiary/aromatic N) is 5. The number of benzene rings is 3. The maximum atomic E-state index is 12.8. The van der Waals surface area contributed by atoms with Crippen LogP contribution >= 0.6 is 0 Å². The topological polar surface area (TPSA) is 101 Å². The number of rotatable bonds is 7. The summed E-state index contributed by atoms with van der Waals surface area (Å²) in [4.78, 5) is 18.6. The van der Waals surface area contributed by atoms with Crippen LogP contribution in [0.25, 0.3) is 22.2 Å². The number of pyridine rings is 1. The first-order valence-corrected chi connectivity index (χ1v) is 14.4. The Morgan fingerprint density at radius 3 is 2.33 bits per heavy atom. The van der Waals surface area contributed by atoms with Crippen molar-refractivity contribution in [2.45, 2.75) is 4.90 Å². The van der Waals surface area contributed by atoms with Gasteiger partial charge >= 0.3 is 0 Å². The van der Waals surface area contributed by atoms with Crippen LogP contribution in [-0.2, 0) is 10.0 Å². The van der Waals surface area contributed by atoms with Gasteiger partial charge in [0.15, 0.2) is 0 Å². The zero-order valence-electron chi connectivity index (χ0n) is 21.9.